The van der Waals surface area contributed by atoms with Crippen molar-refractivity contribution in [2.24, 2.45) is 23.5 Å². The predicted molar refractivity (Wildman–Crippen MR) is 132 cm³/mol. The lowest BCUT2D eigenvalue weighted by Gasteiger charge is -2.46. The number of aromatic hydroxyl groups is 1. The molecule has 1 aromatic rings. The topological polar surface area (TPSA) is 153 Å². The van der Waals surface area contributed by atoms with Gasteiger partial charge < -0.3 is 26.4 Å². The third kappa shape index (κ3) is 4.03. The number of benzene rings is 1. The van der Waals surface area contributed by atoms with Crippen molar-refractivity contribution in [3.8, 4) is 5.75 Å². The second-order valence-electron chi connectivity index (χ2n) is 10.8. The summed E-state index contributed by atoms with van der Waals surface area (Å²) in [5, 5.41) is 36.1. The molecule has 0 aromatic heterocycles. The number of aliphatic hydroxyl groups excluding tert-OH is 2. The van der Waals surface area contributed by atoms with Crippen molar-refractivity contribution in [2.75, 3.05) is 20.1 Å². The zero-order chi connectivity index (χ0) is 28.5. The minimum Gasteiger partial charge on any atom is -0.511 e. The predicted octanol–water partition coefficient (Wildman–Crippen LogP) is 2.84. The van der Waals surface area contributed by atoms with Crippen molar-refractivity contribution in [1.29, 1.82) is 0 Å². The third-order valence-corrected chi connectivity index (χ3v) is 8.74. The molecular weight excluding hydrogens is 519 g/mol. The summed E-state index contributed by atoms with van der Waals surface area (Å²) in [7, 11) is 1.63. The fourth-order valence-corrected chi connectivity index (χ4v) is 7.03. The van der Waals surface area contributed by atoms with Crippen LogP contribution in [-0.2, 0) is 22.2 Å². The molecule has 210 valence electrons. The van der Waals surface area contributed by atoms with Crippen LogP contribution in [0.3, 0.4) is 0 Å². The number of carbonyl (C=O) groups excluding carboxylic acids is 3. The molecular formula is C27H30F3N3O6. The minimum absolute atomic E-state index is 0.0178. The molecule has 0 spiro atoms. The van der Waals surface area contributed by atoms with E-state index in [1.165, 1.54) is 0 Å². The average molecular weight is 550 g/mol. The number of allylic oxidation sites excluding steroid dienone is 2. The monoisotopic (exact) mass is 549 g/mol. The quantitative estimate of drug-likeness (QED) is 0.360. The maximum atomic E-state index is 14.5. The van der Waals surface area contributed by atoms with Crippen molar-refractivity contribution >= 4 is 17.5 Å². The summed E-state index contributed by atoms with van der Waals surface area (Å²) in [6, 6.07) is -0.609. The molecule has 6 N–H and O–H groups in total. The van der Waals surface area contributed by atoms with E-state index < -0.39 is 87.5 Å². The molecule has 0 radical (unpaired) electrons. The highest BCUT2D eigenvalue weighted by Gasteiger charge is 2.55. The van der Waals surface area contributed by atoms with Gasteiger partial charge in [-0.1, -0.05) is 6.92 Å². The number of amides is 1. The molecule has 1 amide bonds. The van der Waals surface area contributed by atoms with Gasteiger partial charge in [0.15, 0.2) is 11.6 Å². The fourth-order valence-electron chi connectivity index (χ4n) is 7.03. The Balaban J connectivity index is 1.70. The van der Waals surface area contributed by atoms with Gasteiger partial charge in [-0.2, -0.15) is 13.2 Å². The van der Waals surface area contributed by atoms with E-state index in [0.29, 0.717) is 25.9 Å². The van der Waals surface area contributed by atoms with Crippen LogP contribution in [0.1, 0.15) is 59.3 Å². The van der Waals surface area contributed by atoms with E-state index in [4.69, 9.17) is 5.73 Å². The minimum atomic E-state index is -4.82. The number of ketones is 2. The van der Waals surface area contributed by atoms with E-state index >= 15 is 0 Å². The third-order valence-electron chi connectivity index (χ3n) is 8.74. The zero-order valence-electron chi connectivity index (χ0n) is 21.4. The molecule has 2 unspecified atom stereocenters. The highest BCUT2D eigenvalue weighted by molar-refractivity contribution is 6.22. The van der Waals surface area contributed by atoms with Crippen LogP contribution in [0.5, 0.6) is 5.75 Å². The molecule has 5 atom stereocenters. The van der Waals surface area contributed by atoms with Crippen LogP contribution in [-0.4, -0.2) is 63.9 Å². The Labute approximate surface area is 222 Å². The molecule has 1 saturated heterocycles. The number of likely N-dealkylation sites (N-methyl/N-ethyl adjacent to an activating group) is 1. The van der Waals surface area contributed by atoms with E-state index in [1.807, 2.05) is 0 Å². The molecule has 0 saturated carbocycles. The number of rotatable bonds is 4. The molecule has 39 heavy (non-hydrogen) atoms. The van der Waals surface area contributed by atoms with Gasteiger partial charge in [0.2, 0.25) is 0 Å². The number of carbonyl (C=O) groups is 3. The van der Waals surface area contributed by atoms with E-state index in [1.54, 1.807) is 18.9 Å². The van der Waals surface area contributed by atoms with Gasteiger partial charge in [0.05, 0.1) is 23.1 Å². The van der Waals surface area contributed by atoms with Gasteiger partial charge in [-0.15, -0.1) is 0 Å². The Morgan fingerprint density at radius 1 is 1.21 bits per heavy atom. The standard InChI is InChI=1S/C27H30F3N3O6/c1-3-33(2)21-13-8-10-7-12-17(15(34)9-11(14-5-4-6-32-14)20(12)27(28,29)30)22(35)16(10)23(36)18(13)24(37)19(25(21)38)26(31)39/h9-10,13-14,18,21,32,34,36,38H,3-8H2,1-2H3,(H2,31,39)/t10-,13+,14?,18?,21-/m0/s1. The Hall–Kier alpha value is -3.38. The lowest BCUT2D eigenvalue weighted by Crippen LogP contribution is -2.54. The number of nitrogens with zero attached hydrogens (tertiary/aromatic N) is 1. The Bertz CT molecular complexity index is 1340. The number of aliphatic hydroxyl groups is 2. The largest absolute Gasteiger partial charge is 0.511 e. The lowest BCUT2D eigenvalue weighted by molar-refractivity contribution is -0.139. The lowest BCUT2D eigenvalue weighted by atomic mass is 9.60. The number of nitrogens with two attached hydrogens (primary N) is 1. The average Bonchev–Trinajstić information content (AvgIpc) is 3.37. The first-order valence-electron chi connectivity index (χ1n) is 12.9. The molecule has 1 aromatic carbocycles. The molecule has 5 rings (SSSR count). The van der Waals surface area contributed by atoms with Crippen LogP contribution in [0.2, 0.25) is 0 Å². The Morgan fingerprint density at radius 2 is 1.90 bits per heavy atom. The number of hydrogen-bond acceptors (Lipinski definition) is 8. The number of phenols is 1. The summed E-state index contributed by atoms with van der Waals surface area (Å²) >= 11 is 0. The van der Waals surface area contributed by atoms with Gasteiger partial charge in [-0.25, -0.2) is 0 Å². The van der Waals surface area contributed by atoms with E-state index in [-0.39, 0.29) is 29.5 Å². The summed E-state index contributed by atoms with van der Waals surface area (Å²) in [5.74, 6) is -8.11. The summed E-state index contributed by atoms with van der Waals surface area (Å²) in [4.78, 5) is 40.7. The van der Waals surface area contributed by atoms with Crippen LogP contribution in [0.15, 0.2) is 28.7 Å². The first-order valence-corrected chi connectivity index (χ1v) is 12.9. The van der Waals surface area contributed by atoms with Gasteiger partial charge in [-0.3, -0.25) is 19.3 Å². The van der Waals surface area contributed by atoms with E-state index in [9.17, 15) is 42.9 Å². The van der Waals surface area contributed by atoms with Crippen molar-refractivity contribution in [2.45, 2.75) is 50.9 Å². The smallest absolute Gasteiger partial charge is 0.417 e. The number of alkyl halides is 3. The fraction of sp³-hybridized carbons (Fsp3) is 0.519. The molecule has 1 heterocycles. The first-order chi connectivity index (χ1) is 18.3. The summed E-state index contributed by atoms with van der Waals surface area (Å²) < 4.78 is 43.6. The molecule has 0 bridgehead atoms. The van der Waals surface area contributed by atoms with Crippen molar-refractivity contribution < 1.29 is 42.9 Å². The van der Waals surface area contributed by atoms with Crippen molar-refractivity contribution in [1.82, 2.24) is 10.2 Å². The molecule has 12 heteroatoms. The van der Waals surface area contributed by atoms with Crippen LogP contribution in [0, 0.1) is 17.8 Å². The SMILES string of the molecule is CCN(C)[C@@H]1C(O)=C(C(N)=O)C(=O)C2C(O)=C3C(=O)c4c(O)cc(C5CCCN5)c(C(F)(F)F)c4C[C@H]3C[C@H]21. The van der Waals surface area contributed by atoms with Crippen molar-refractivity contribution in [3.63, 3.8) is 0 Å². The number of hydrogen-bond donors (Lipinski definition) is 5. The van der Waals surface area contributed by atoms with Crippen LogP contribution in [0.4, 0.5) is 13.2 Å². The van der Waals surface area contributed by atoms with Crippen LogP contribution < -0.4 is 11.1 Å². The maximum absolute atomic E-state index is 14.5. The van der Waals surface area contributed by atoms with Gasteiger partial charge in [0, 0.05) is 11.6 Å². The number of nitrogens with one attached hydrogen (secondary N) is 1. The van der Waals surface area contributed by atoms with Gasteiger partial charge in [0.25, 0.3) is 5.91 Å². The summed E-state index contributed by atoms with van der Waals surface area (Å²) in [6.45, 7) is 2.66. The highest BCUT2D eigenvalue weighted by Crippen LogP contribution is 2.53. The summed E-state index contributed by atoms with van der Waals surface area (Å²) in [6.07, 6.45) is -4.04. The maximum Gasteiger partial charge on any atom is 0.417 e. The number of halogens is 3. The highest BCUT2D eigenvalue weighted by atomic mass is 19.4. The second-order valence-corrected chi connectivity index (χ2v) is 10.8. The van der Waals surface area contributed by atoms with Gasteiger partial charge >= 0.3 is 6.18 Å². The Kier molecular flexibility index (Phi) is 6.53. The molecule has 1 aliphatic heterocycles. The van der Waals surface area contributed by atoms with Crippen LogP contribution in [0.25, 0.3) is 0 Å². The second kappa shape index (κ2) is 9.37. The van der Waals surface area contributed by atoms with E-state index in [0.717, 1.165) is 6.07 Å². The van der Waals surface area contributed by atoms with Crippen molar-refractivity contribution in [3.05, 3.63) is 51.0 Å². The normalized spacial score (nSPS) is 29.0. The number of fused-ring (bicyclic) bond motifs is 3. The summed E-state index contributed by atoms with van der Waals surface area (Å²) in [5.41, 5.74) is 2.48. The molecule has 4 aliphatic rings. The van der Waals surface area contributed by atoms with E-state index in [2.05, 4.69) is 5.32 Å². The van der Waals surface area contributed by atoms with Crippen LogP contribution >= 0.6 is 0 Å². The Morgan fingerprint density at radius 3 is 2.46 bits per heavy atom. The number of Topliss-reactive ketones (excluding diaryl/α,β-unsaturated/α-hetero) is 2. The first kappa shape index (κ1) is 27.2. The zero-order valence-corrected chi connectivity index (χ0v) is 21.4. The van der Waals surface area contributed by atoms with Gasteiger partial charge in [-0.05, 0) is 74.8 Å². The molecule has 3 aliphatic carbocycles. The molecule has 9 nitrogen and oxygen atoms in total. The molecule has 1 fully saturated rings. The number of phenolic OH excluding ortho intramolecular Hbond substituents is 1. The number of primary amides is 1. The van der Waals surface area contributed by atoms with Gasteiger partial charge in [0.1, 0.15) is 22.8 Å².